The van der Waals surface area contributed by atoms with Crippen molar-refractivity contribution in [3.05, 3.63) is 29.3 Å². The van der Waals surface area contributed by atoms with Gasteiger partial charge in [0.25, 0.3) is 0 Å². The lowest BCUT2D eigenvalue weighted by Crippen LogP contribution is -2.17. The first-order valence-electron chi connectivity index (χ1n) is 5.73. The molecule has 1 aromatic carbocycles. The lowest BCUT2D eigenvalue weighted by Gasteiger charge is -2.11. The molecule has 0 saturated heterocycles. The highest BCUT2D eigenvalue weighted by Gasteiger charge is 2.22. The van der Waals surface area contributed by atoms with E-state index in [2.05, 4.69) is 5.32 Å². The van der Waals surface area contributed by atoms with Crippen molar-refractivity contribution in [3.8, 4) is 0 Å². The van der Waals surface area contributed by atoms with Gasteiger partial charge in [-0.3, -0.25) is 9.59 Å². The lowest BCUT2D eigenvalue weighted by atomic mass is 9.94. The standard InChI is InChI=1S/C13H15NO3/c1-2-8(7-15)13(17)9-3-4-11-10(5-9)6-12(16)14-11/h3-5,8,15H,2,6-7H2,1H3,(H,14,16). The van der Waals surface area contributed by atoms with E-state index < -0.39 is 0 Å². The van der Waals surface area contributed by atoms with Crippen molar-refractivity contribution < 1.29 is 14.7 Å². The summed E-state index contributed by atoms with van der Waals surface area (Å²) in [5.41, 5.74) is 2.21. The van der Waals surface area contributed by atoms with E-state index in [1.807, 2.05) is 6.92 Å². The van der Waals surface area contributed by atoms with E-state index in [4.69, 9.17) is 5.11 Å². The number of hydrogen-bond donors (Lipinski definition) is 2. The third-order valence-electron chi connectivity index (χ3n) is 3.10. The lowest BCUT2D eigenvalue weighted by molar-refractivity contribution is -0.115. The summed E-state index contributed by atoms with van der Waals surface area (Å²) in [5, 5.41) is 11.8. The Hall–Kier alpha value is -1.68. The van der Waals surface area contributed by atoms with E-state index in [9.17, 15) is 9.59 Å². The third kappa shape index (κ3) is 2.22. The zero-order valence-corrected chi connectivity index (χ0v) is 9.69. The second-order valence-electron chi connectivity index (χ2n) is 4.25. The summed E-state index contributed by atoms with van der Waals surface area (Å²) in [4.78, 5) is 23.2. The number of benzene rings is 1. The molecule has 0 spiro atoms. The maximum Gasteiger partial charge on any atom is 0.228 e. The number of Topliss-reactive ketones (excluding diaryl/α,β-unsaturated/α-hetero) is 1. The van der Waals surface area contributed by atoms with E-state index in [-0.39, 0.29) is 24.2 Å². The van der Waals surface area contributed by atoms with Crippen LogP contribution in [0, 0.1) is 5.92 Å². The smallest absolute Gasteiger partial charge is 0.228 e. The fourth-order valence-electron chi connectivity index (χ4n) is 2.02. The molecular weight excluding hydrogens is 218 g/mol. The number of anilines is 1. The van der Waals surface area contributed by atoms with Crippen LogP contribution in [-0.4, -0.2) is 23.4 Å². The normalized spacial score (nSPS) is 15.3. The number of carbonyl (C=O) groups excluding carboxylic acids is 2. The SMILES string of the molecule is CCC(CO)C(=O)c1ccc2c(c1)CC(=O)N2. The number of ketones is 1. The molecule has 1 atom stereocenters. The molecule has 0 fully saturated rings. The third-order valence-corrected chi connectivity index (χ3v) is 3.10. The summed E-state index contributed by atoms with van der Waals surface area (Å²) in [6.45, 7) is 1.74. The van der Waals surface area contributed by atoms with Crippen molar-refractivity contribution in [1.82, 2.24) is 0 Å². The van der Waals surface area contributed by atoms with E-state index in [1.165, 1.54) is 0 Å². The summed E-state index contributed by atoms with van der Waals surface area (Å²) >= 11 is 0. The Labute approximate surface area is 99.6 Å². The van der Waals surface area contributed by atoms with Gasteiger partial charge in [0.2, 0.25) is 5.91 Å². The highest BCUT2D eigenvalue weighted by Crippen LogP contribution is 2.25. The molecule has 0 aliphatic carbocycles. The van der Waals surface area contributed by atoms with E-state index in [1.54, 1.807) is 18.2 Å². The Balaban J connectivity index is 2.27. The van der Waals surface area contributed by atoms with Crippen molar-refractivity contribution in [2.75, 3.05) is 11.9 Å². The number of carbonyl (C=O) groups is 2. The van der Waals surface area contributed by atoms with E-state index in [0.717, 1.165) is 11.3 Å². The minimum Gasteiger partial charge on any atom is -0.396 e. The second-order valence-corrected chi connectivity index (χ2v) is 4.25. The first kappa shape index (κ1) is 11.8. The predicted molar refractivity (Wildman–Crippen MR) is 64.0 cm³/mol. The Kier molecular flexibility index (Phi) is 3.24. The van der Waals surface area contributed by atoms with Crippen LogP contribution in [0.25, 0.3) is 0 Å². The maximum atomic E-state index is 12.0. The van der Waals surface area contributed by atoms with Crippen LogP contribution in [0.2, 0.25) is 0 Å². The Morgan fingerprint density at radius 1 is 1.53 bits per heavy atom. The molecule has 4 nitrogen and oxygen atoms in total. The molecule has 17 heavy (non-hydrogen) atoms. The fraction of sp³-hybridized carbons (Fsp3) is 0.385. The fourth-order valence-corrected chi connectivity index (χ4v) is 2.02. The van der Waals surface area contributed by atoms with Crippen LogP contribution in [0.3, 0.4) is 0 Å². The van der Waals surface area contributed by atoms with Gasteiger partial charge < -0.3 is 10.4 Å². The molecule has 0 saturated carbocycles. The van der Waals surface area contributed by atoms with Gasteiger partial charge in [-0.15, -0.1) is 0 Å². The number of amides is 1. The first-order valence-corrected chi connectivity index (χ1v) is 5.73. The van der Waals surface area contributed by atoms with Gasteiger partial charge in [-0.1, -0.05) is 6.92 Å². The van der Waals surface area contributed by atoms with Crippen LogP contribution < -0.4 is 5.32 Å². The second kappa shape index (κ2) is 4.67. The molecule has 0 aromatic heterocycles. The van der Waals surface area contributed by atoms with Crippen LogP contribution in [-0.2, 0) is 11.2 Å². The zero-order valence-electron chi connectivity index (χ0n) is 9.69. The van der Waals surface area contributed by atoms with Gasteiger partial charge in [-0.2, -0.15) is 0 Å². The van der Waals surface area contributed by atoms with E-state index >= 15 is 0 Å². The molecule has 0 bridgehead atoms. The minimum absolute atomic E-state index is 0.0428. The van der Waals surface area contributed by atoms with Gasteiger partial charge in [0.1, 0.15) is 0 Å². The van der Waals surface area contributed by atoms with Gasteiger partial charge in [0.15, 0.2) is 5.78 Å². The number of fused-ring (bicyclic) bond motifs is 1. The molecule has 0 radical (unpaired) electrons. The number of aliphatic hydroxyl groups is 1. The number of nitrogens with one attached hydrogen (secondary N) is 1. The average molecular weight is 233 g/mol. The van der Waals surface area contributed by atoms with Crippen LogP contribution in [0.15, 0.2) is 18.2 Å². The Morgan fingerprint density at radius 3 is 2.94 bits per heavy atom. The number of hydrogen-bond acceptors (Lipinski definition) is 3. The van der Waals surface area contributed by atoms with Crippen molar-refractivity contribution in [2.45, 2.75) is 19.8 Å². The average Bonchev–Trinajstić information content (AvgIpc) is 2.69. The van der Waals surface area contributed by atoms with Gasteiger partial charge in [-0.05, 0) is 30.2 Å². The van der Waals surface area contributed by atoms with Gasteiger partial charge in [0.05, 0.1) is 13.0 Å². The molecular formula is C13H15NO3. The quantitative estimate of drug-likeness (QED) is 0.772. The summed E-state index contributed by atoms with van der Waals surface area (Å²) < 4.78 is 0. The maximum absolute atomic E-state index is 12.0. The largest absolute Gasteiger partial charge is 0.396 e. The monoisotopic (exact) mass is 233 g/mol. The first-order chi connectivity index (χ1) is 8.15. The van der Waals surface area contributed by atoms with E-state index in [0.29, 0.717) is 18.4 Å². The zero-order chi connectivity index (χ0) is 12.4. The molecule has 90 valence electrons. The summed E-state index contributed by atoms with van der Waals surface area (Å²) in [5.74, 6) is -0.450. The molecule has 1 aromatic rings. The van der Waals surface area contributed by atoms with Crippen LogP contribution in [0.5, 0.6) is 0 Å². The summed E-state index contributed by atoms with van der Waals surface area (Å²) in [6, 6.07) is 5.19. The van der Waals surface area contributed by atoms with Crippen LogP contribution >= 0.6 is 0 Å². The minimum atomic E-state index is -0.349. The Morgan fingerprint density at radius 2 is 2.29 bits per heavy atom. The summed E-state index contributed by atoms with van der Waals surface area (Å²) in [7, 11) is 0. The molecule has 1 aliphatic rings. The van der Waals surface area contributed by atoms with Crippen LogP contribution in [0.4, 0.5) is 5.69 Å². The molecule has 2 N–H and O–H groups in total. The Bertz CT molecular complexity index is 464. The molecule has 1 aliphatic heterocycles. The van der Waals surface area contributed by atoms with Crippen molar-refractivity contribution in [2.24, 2.45) is 5.92 Å². The van der Waals surface area contributed by atoms with Crippen molar-refractivity contribution >= 4 is 17.4 Å². The molecule has 4 heteroatoms. The number of rotatable bonds is 4. The highest BCUT2D eigenvalue weighted by atomic mass is 16.3. The number of aliphatic hydroxyl groups excluding tert-OH is 1. The topological polar surface area (TPSA) is 66.4 Å². The van der Waals surface area contributed by atoms with Gasteiger partial charge in [0, 0.05) is 17.2 Å². The van der Waals surface area contributed by atoms with Gasteiger partial charge >= 0.3 is 0 Å². The summed E-state index contributed by atoms with van der Waals surface area (Å²) in [6.07, 6.45) is 0.940. The van der Waals surface area contributed by atoms with Crippen LogP contribution in [0.1, 0.15) is 29.3 Å². The van der Waals surface area contributed by atoms with Gasteiger partial charge in [-0.25, -0.2) is 0 Å². The molecule has 2 rings (SSSR count). The molecule has 1 amide bonds. The highest BCUT2D eigenvalue weighted by molar-refractivity contribution is 6.02. The molecule has 1 unspecified atom stereocenters. The predicted octanol–water partition coefficient (Wildman–Crippen LogP) is 1.38. The molecule has 1 heterocycles. The van der Waals surface area contributed by atoms with Crippen molar-refractivity contribution in [1.29, 1.82) is 0 Å². The van der Waals surface area contributed by atoms with Crippen molar-refractivity contribution in [3.63, 3.8) is 0 Å².